The van der Waals surface area contributed by atoms with Gasteiger partial charge in [-0.1, -0.05) is 261 Å². The van der Waals surface area contributed by atoms with E-state index in [4.69, 9.17) is 14.2 Å². The van der Waals surface area contributed by atoms with Gasteiger partial charge in [0, 0.05) is 19.3 Å². The number of rotatable bonds is 57. The number of hydrogen-bond acceptors (Lipinski definition) is 6. The first-order chi connectivity index (χ1) is 36.0. The molecule has 0 saturated carbocycles. The second kappa shape index (κ2) is 61.4. The molecule has 0 radical (unpaired) electrons. The molecule has 0 aliphatic heterocycles. The lowest BCUT2D eigenvalue weighted by molar-refractivity contribution is -0.167. The number of ether oxygens (including phenoxy) is 3. The minimum atomic E-state index is -0.782. The molecule has 0 spiro atoms. The molecule has 0 amide bonds. The summed E-state index contributed by atoms with van der Waals surface area (Å²) in [6.07, 6.45) is 79.0. The zero-order valence-electron chi connectivity index (χ0n) is 48.4. The van der Waals surface area contributed by atoms with Crippen LogP contribution in [0.5, 0.6) is 0 Å². The van der Waals surface area contributed by atoms with Crippen LogP contribution in [-0.4, -0.2) is 37.2 Å². The molecule has 6 nitrogen and oxygen atoms in total. The van der Waals surface area contributed by atoms with Crippen LogP contribution in [-0.2, 0) is 28.6 Å². The van der Waals surface area contributed by atoms with Crippen LogP contribution >= 0.6 is 0 Å². The van der Waals surface area contributed by atoms with Crippen LogP contribution in [0.2, 0.25) is 0 Å². The molecule has 0 aliphatic rings. The fraction of sp³-hybridized carbons (Fsp3) is 0.776. The Morgan fingerprint density at radius 2 is 0.534 bits per heavy atom. The molecular formula is C67H118O6. The molecule has 0 fully saturated rings. The second-order valence-electron chi connectivity index (χ2n) is 20.9. The number of carbonyl (C=O) groups excluding carboxylic acids is 3. The maximum Gasteiger partial charge on any atom is 0.306 e. The molecule has 0 aromatic rings. The molecule has 73 heavy (non-hydrogen) atoms. The molecule has 6 heteroatoms. The van der Waals surface area contributed by atoms with Gasteiger partial charge in [-0.15, -0.1) is 0 Å². The van der Waals surface area contributed by atoms with E-state index in [0.717, 1.165) is 89.9 Å². The predicted octanol–water partition coefficient (Wildman–Crippen LogP) is 21.3. The number of allylic oxidation sites excluding steroid dienone is 12. The maximum absolute atomic E-state index is 12.9. The Hall–Kier alpha value is -3.15. The van der Waals surface area contributed by atoms with E-state index < -0.39 is 6.10 Å². The number of carbonyl (C=O) groups is 3. The third-order valence-electron chi connectivity index (χ3n) is 13.7. The number of unbranched alkanes of at least 4 members (excludes halogenated alkanes) is 34. The molecule has 0 aromatic carbocycles. The highest BCUT2D eigenvalue weighted by Crippen LogP contribution is 2.16. The van der Waals surface area contributed by atoms with E-state index in [2.05, 4.69) is 93.7 Å². The molecule has 0 saturated heterocycles. The summed E-state index contributed by atoms with van der Waals surface area (Å²) in [5.74, 6) is -0.881. The number of esters is 3. The van der Waals surface area contributed by atoms with Crippen LogP contribution in [0.3, 0.4) is 0 Å². The Kier molecular flexibility index (Phi) is 58.7. The topological polar surface area (TPSA) is 78.9 Å². The molecular weight excluding hydrogens is 901 g/mol. The van der Waals surface area contributed by atoms with Gasteiger partial charge < -0.3 is 14.2 Å². The third kappa shape index (κ3) is 59.6. The van der Waals surface area contributed by atoms with E-state index in [1.165, 1.54) is 186 Å². The zero-order valence-corrected chi connectivity index (χ0v) is 48.4. The highest BCUT2D eigenvalue weighted by molar-refractivity contribution is 5.71. The van der Waals surface area contributed by atoms with Gasteiger partial charge in [-0.3, -0.25) is 14.4 Å². The average molecular weight is 1020 g/mol. The van der Waals surface area contributed by atoms with Gasteiger partial charge in [0.25, 0.3) is 0 Å². The van der Waals surface area contributed by atoms with Crippen molar-refractivity contribution in [2.24, 2.45) is 0 Å². The van der Waals surface area contributed by atoms with Crippen LogP contribution < -0.4 is 0 Å². The molecule has 0 aliphatic carbocycles. The monoisotopic (exact) mass is 1020 g/mol. The van der Waals surface area contributed by atoms with Crippen molar-refractivity contribution in [3.8, 4) is 0 Å². The van der Waals surface area contributed by atoms with Crippen LogP contribution in [0.1, 0.15) is 316 Å². The fourth-order valence-electron chi connectivity index (χ4n) is 8.95. The van der Waals surface area contributed by atoms with Gasteiger partial charge in [0.15, 0.2) is 6.10 Å². The predicted molar refractivity (Wildman–Crippen MR) is 316 cm³/mol. The molecule has 0 N–H and O–H groups in total. The Morgan fingerprint density at radius 1 is 0.288 bits per heavy atom. The molecule has 422 valence electrons. The molecule has 0 rings (SSSR count). The first kappa shape index (κ1) is 69.8. The minimum absolute atomic E-state index is 0.0794. The van der Waals surface area contributed by atoms with Crippen LogP contribution in [0.4, 0.5) is 0 Å². The summed E-state index contributed by atoms with van der Waals surface area (Å²) in [6.45, 7) is 6.53. The van der Waals surface area contributed by atoms with E-state index in [0.29, 0.717) is 19.3 Å². The van der Waals surface area contributed by atoms with Crippen molar-refractivity contribution >= 4 is 17.9 Å². The highest BCUT2D eigenvalue weighted by atomic mass is 16.6. The molecule has 1 atom stereocenters. The summed E-state index contributed by atoms with van der Waals surface area (Å²) >= 11 is 0. The van der Waals surface area contributed by atoms with Crippen molar-refractivity contribution in [3.05, 3.63) is 72.9 Å². The Bertz CT molecular complexity index is 1360. The van der Waals surface area contributed by atoms with E-state index in [1.807, 2.05) is 0 Å². The third-order valence-corrected chi connectivity index (χ3v) is 13.7. The summed E-state index contributed by atoms with van der Waals surface area (Å²) in [4.78, 5) is 38.3. The van der Waals surface area contributed by atoms with E-state index in [9.17, 15) is 14.4 Å². The Morgan fingerprint density at radius 3 is 0.863 bits per heavy atom. The van der Waals surface area contributed by atoms with Crippen LogP contribution in [0.15, 0.2) is 72.9 Å². The molecule has 0 bridgehead atoms. The summed E-state index contributed by atoms with van der Waals surface area (Å²) in [7, 11) is 0. The van der Waals surface area contributed by atoms with Gasteiger partial charge in [0.1, 0.15) is 13.2 Å². The fourth-order valence-corrected chi connectivity index (χ4v) is 8.95. The van der Waals surface area contributed by atoms with Crippen molar-refractivity contribution in [1.29, 1.82) is 0 Å². The van der Waals surface area contributed by atoms with Gasteiger partial charge in [0.2, 0.25) is 0 Å². The normalized spacial score (nSPS) is 12.5. The standard InChI is InChI=1S/C67H118O6/c1-4-7-10-13-16-19-22-25-27-29-31-32-33-34-36-37-39-42-45-48-51-54-57-60-66(69)72-63-64(62-71-65(68)59-56-53-50-47-44-41-24-21-18-15-12-9-6-3)73-67(70)61-58-55-52-49-46-43-40-38-35-30-28-26-23-20-17-14-11-8-5-2/h7,10,16,19,21,24-28,31-32,64H,4-6,8-9,11-15,17-18,20,22-23,29-30,33-63H2,1-3H3/b10-7-,19-16-,24-21-,27-25-,28-26-,32-31-. The molecule has 0 aromatic heterocycles. The van der Waals surface area contributed by atoms with Gasteiger partial charge in [-0.25, -0.2) is 0 Å². The Labute approximate surface area is 453 Å². The SMILES string of the molecule is CC/C=C\C/C=C\C/C=C\C/C=C\CCCCCCCCCCCCC(=O)OCC(COC(=O)CCCCCCC/C=C\CCCCCC)OC(=O)CCCCCCCCCCC/C=C\CCCCCCCC. The number of hydrogen-bond donors (Lipinski definition) is 0. The van der Waals surface area contributed by atoms with Gasteiger partial charge in [-0.05, 0) is 109 Å². The first-order valence-corrected chi connectivity index (χ1v) is 31.4. The first-order valence-electron chi connectivity index (χ1n) is 31.4. The summed E-state index contributed by atoms with van der Waals surface area (Å²) in [6, 6.07) is 0. The van der Waals surface area contributed by atoms with Gasteiger partial charge >= 0.3 is 17.9 Å². The van der Waals surface area contributed by atoms with Crippen molar-refractivity contribution < 1.29 is 28.6 Å². The largest absolute Gasteiger partial charge is 0.462 e. The summed E-state index contributed by atoms with van der Waals surface area (Å²) in [5, 5.41) is 0. The van der Waals surface area contributed by atoms with Crippen molar-refractivity contribution in [1.82, 2.24) is 0 Å². The zero-order chi connectivity index (χ0) is 52.9. The molecule has 1 unspecified atom stereocenters. The van der Waals surface area contributed by atoms with Crippen molar-refractivity contribution in [2.75, 3.05) is 13.2 Å². The average Bonchev–Trinajstić information content (AvgIpc) is 3.39. The summed E-state index contributed by atoms with van der Waals surface area (Å²) in [5.41, 5.74) is 0. The highest BCUT2D eigenvalue weighted by Gasteiger charge is 2.19. The van der Waals surface area contributed by atoms with Crippen LogP contribution in [0, 0.1) is 0 Å². The van der Waals surface area contributed by atoms with E-state index in [1.54, 1.807) is 0 Å². The molecule has 0 heterocycles. The minimum Gasteiger partial charge on any atom is -0.462 e. The maximum atomic E-state index is 12.9. The Balaban J connectivity index is 4.33. The lowest BCUT2D eigenvalue weighted by atomic mass is 10.0. The lowest BCUT2D eigenvalue weighted by Crippen LogP contribution is -2.30. The summed E-state index contributed by atoms with van der Waals surface area (Å²) < 4.78 is 16.9. The van der Waals surface area contributed by atoms with Crippen molar-refractivity contribution in [3.63, 3.8) is 0 Å². The van der Waals surface area contributed by atoms with Crippen molar-refractivity contribution in [2.45, 2.75) is 322 Å². The quantitative estimate of drug-likeness (QED) is 0.0261. The van der Waals surface area contributed by atoms with Gasteiger partial charge in [0.05, 0.1) is 0 Å². The van der Waals surface area contributed by atoms with E-state index >= 15 is 0 Å². The van der Waals surface area contributed by atoms with E-state index in [-0.39, 0.29) is 31.1 Å². The lowest BCUT2D eigenvalue weighted by Gasteiger charge is -2.18. The smallest absolute Gasteiger partial charge is 0.306 e. The van der Waals surface area contributed by atoms with Crippen LogP contribution in [0.25, 0.3) is 0 Å². The van der Waals surface area contributed by atoms with Gasteiger partial charge in [-0.2, -0.15) is 0 Å². The second-order valence-corrected chi connectivity index (χ2v) is 20.9.